The number of aliphatic carboxylic acids is 1. The Hall–Kier alpha value is -2.35. The molecule has 0 saturated carbocycles. The number of hydrogen-bond acceptors (Lipinski definition) is 5. The Kier molecular flexibility index (Phi) is 5.59. The van der Waals surface area contributed by atoms with Gasteiger partial charge in [0.1, 0.15) is 24.2 Å². The maximum atomic E-state index is 11.1. The van der Waals surface area contributed by atoms with Gasteiger partial charge < -0.3 is 25.7 Å². The Balaban J connectivity index is 2.47. The van der Waals surface area contributed by atoms with Gasteiger partial charge in [-0.05, 0) is 25.0 Å². The van der Waals surface area contributed by atoms with Crippen molar-refractivity contribution in [1.82, 2.24) is 5.32 Å². The minimum Gasteiger partial charge on any atom is -0.480 e. The van der Waals surface area contributed by atoms with Crippen molar-refractivity contribution in [2.24, 2.45) is 10.7 Å². The minimum atomic E-state index is -1.04. The van der Waals surface area contributed by atoms with Crippen LogP contribution in [0.1, 0.15) is 24.4 Å². The number of rotatable bonds is 8. The van der Waals surface area contributed by atoms with E-state index in [1.54, 1.807) is 12.1 Å². The van der Waals surface area contributed by atoms with E-state index in [0.717, 1.165) is 0 Å². The second-order valence-electron chi connectivity index (χ2n) is 4.05. The lowest BCUT2D eigenvalue weighted by Crippen LogP contribution is -2.31. The number of nitrogens with two attached hydrogens (primary N) is 1. The van der Waals surface area contributed by atoms with E-state index in [4.69, 9.17) is 21.8 Å². The quantitative estimate of drug-likeness (QED) is 0.256. The molecule has 0 spiro atoms. The summed E-state index contributed by atoms with van der Waals surface area (Å²) in [6.45, 7) is 0.184. The number of hydrogen-bond donors (Lipinski definition) is 5. The van der Waals surface area contributed by atoms with Gasteiger partial charge in [0.2, 0.25) is 0 Å². The number of aliphatic hydroxyl groups excluding tert-OH is 1. The highest BCUT2D eigenvalue weighted by molar-refractivity contribution is 5.81. The average Bonchev–Trinajstić information content (AvgIpc) is 2.93. The maximum Gasteiger partial charge on any atom is 0.328 e. The third kappa shape index (κ3) is 5.53. The molecule has 8 heteroatoms. The van der Waals surface area contributed by atoms with E-state index in [1.807, 2.05) is 0 Å². The Labute approximate surface area is 117 Å². The fourth-order valence-electron chi connectivity index (χ4n) is 1.49. The number of furan rings is 1. The molecule has 0 fully saturated rings. The highest BCUT2D eigenvalue weighted by Gasteiger charge is 2.14. The predicted molar refractivity (Wildman–Crippen MR) is 72.8 cm³/mol. The lowest BCUT2D eigenvalue weighted by atomic mass is 10.1. The molecule has 1 aromatic rings. The number of aliphatic imine (C=N–C) groups is 1. The van der Waals surface area contributed by atoms with E-state index in [1.165, 1.54) is 6.21 Å². The predicted octanol–water partition coefficient (Wildman–Crippen LogP) is -0.0927. The van der Waals surface area contributed by atoms with Crippen LogP contribution in [0.5, 0.6) is 0 Å². The lowest BCUT2D eigenvalue weighted by Gasteiger charge is -2.07. The van der Waals surface area contributed by atoms with Gasteiger partial charge >= 0.3 is 5.97 Å². The Morgan fingerprint density at radius 2 is 2.50 bits per heavy atom. The van der Waals surface area contributed by atoms with Crippen molar-refractivity contribution in [2.45, 2.75) is 25.5 Å². The second kappa shape index (κ2) is 7.95. The molecular weight excluding hydrogens is 264 g/mol. The number of carboxylic acid groups (broad SMARTS) is 1. The zero-order valence-electron chi connectivity index (χ0n) is 11.8. The van der Waals surface area contributed by atoms with Crippen molar-refractivity contribution in [3.05, 3.63) is 23.7 Å². The molecule has 0 saturated heterocycles. The Bertz CT molecular complexity index is 515. The van der Waals surface area contributed by atoms with Crippen molar-refractivity contribution in [3.63, 3.8) is 0 Å². The molecule has 0 aromatic carbocycles. The normalized spacial score (nSPS) is 14.2. The van der Waals surface area contributed by atoms with Gasteiger partial charge in [-0.15, -0.1) is 0 Å². The Morgan fingerprint density at radius 3 is 3.10 bits per heavy atom. The second-order valence-corrected chi connectivity index (χ2v) is 4.05. The fourth-order valence-corrected chi connectivity index (χ4v) is 1.49. The largest absolute Gasteiger partial charge is 0.480 e. The summed E-state index contributed by atoms with van der Waals surface area (Å²) in [5, 5.41) is 23.6. The zero-order chi connectivity index (χ0) is 15.7. The minimum absolute atomic E-state index is 0.0162. The average molecular weight is 282 g/mol. The third-order valence-corrected chi connectivity index (χ3v) is 2.47. The molecule has 8 nitrogen and oxygen atoms in total. The molecule has 1 rings (SSSR count). The van der Waals surface area contributed by atoms with E-state index in [-0.39, 0.29) is 12.6 Å². The summed E-state index contributed by atoms with van der Waals surface area (Å²) in [4.78, 5) is 15.0. The van der Waals surface area contributed by atoms with Crippen LogP contribution in [-0.2, 0) is 11.4 Å². The first-order valence-electron chi connectivity index (χ1n) is 6.48. The first-order valence-corrected chi connectivity index (χ1v) is 6.03. The number of guanidine groups is 1. The Morgan fingerprint density at radius 1 is 1.70 bits per heavy atom. The van der Waals surface area contributed by atoms with E-state index < -0.39 is 12.0 Å². The van der Waals surface area contributed by atoms with Crippen LogP contribution in [0.4, 0.5) is 0 Å². The van der Waals surface area contributed by atoms with Gasteiger partial charge in [0.05, 0.1) is 6.21 Å². The summed E-state index contributed by atoms with van der Waals surface area (Å²) in [7, 11) is 0. The van der Waals surface area contributed by atoms with Gasteiger partial charge in [-0.3, -0.25) is 10.4 Å². The number of carboxylic acids is 1. The van der Waals surface area contributed by atoms with Crippen LogP contribution in [0.15, 0.2) is 21.5 Å². The molecule has 1 heterocycles. The molecule has 0 aliphatic rings. The molecule has 0 radical (unpaired) electrons. The summed E-state index contributed by atoms with van der Waals surface area (Å²) in [6.07, 6.45) is 2.13. The van der Waals surface area contributed by atoms with Crippen LogP contribution in [0.3, 0.4) is 0 Å². The van der Waals surface area contributed by atoms with Gasteiger partial charge in [0.15, 0.2) is 7.37 Å². The van der Waals surface area contributed by atoms with Gasteiger partial charge in [0.25, 0.3) is 0 Å². The van der Waals surface area contributed by atoms with Crippen molar-refractivity contribution in [3.8, 4) is 0 Å². The first-order chi connectivity index (χ1) is 10.1. The SMILES string of the molecule is [H]/N=C(\N)NCCC[C@H](N=Cc1ccc(CO)o1)C(=O)O. The summed E-state index contributed by atoms with van der Waals surface area (Å²) in [5.74, 6) is -0.286. The van der Waals surface area contributed by atoms with Gasteiger partial charge in [-0.2, -0.15) is 0 Å². The summed E-state index contributed by atoms with van der Waals surface area (Å²) in [6, 6.07) is 2.29. The molecule has 20 heavy (non-hydrogen) atoms. The first kappa shape index (κ1) is 14.1. The number of carbonyl (C=O) groups is 1. The van der Waals surface area contributed by atoms with Gasteiger partial charge in [-0.1, -0.05) is 0 Å². The molecule has 1 atom stereocenters. The smallest absolute Gasteiger partial charge is 0.328 e. The molecule has 0 bridgehead atoms. The standard InChI is InChI=1S/C12H18N4O4/c13-12(14)15-5-1-2-10(11(18)19)16-6-8-3-4-9(7-17)20-8/h3-4,6,10,17H,1-2,5,7H2,(H,18,19)(H4,13,14,15)/t10-/m0/s1. The maximum absolute atomic E-state index is 11.1. The topological polar surface area (TPSA) is 145 Å². The summed E-state index contributed by atoms with van der Waals surface area (Å²) < 4.78 is 11.8. The van der Waals surface area contributed by atoms with Crippen molar-refractivity contribution in [1.29, 1.82) is 5.40 Å². The van der Waals surface area contributed by atoms with E-state index in [0.29, 0.717) is 30.9 Å². The van der Waals surface area contributed by atoms with Gasteiger partial charge in [-0.25, -0.2) is 4.79 Å². The molecule has 0 unspecified atom stereocenters. The summed E-state index contributed by atoms with van der Waals surface area (Å²) >= 11 is 0. The number of nitrogens with zero attached hydrogens (tertiary/aromatic N) is 1. The van der Waals surface area contributed by atoms with E-state index in [9.17, 15) is 4.79 Å². The van der Waals surface area contributed by atoms with Crippen molar-refractivity contribution < 1.29 is 20.8 Å². The highest BCUT2D eigenvalue weighted by Crippen LogP contribution is 2.07. The third-order valence-electron chi connectivity index (χ3n) is 2.47. The van der Waals surface area contributed by atoms with E-state index in [2.05, 4.69) is 15.7 Å². The molecule has 0 aliphatic carbocycles. The number of aliphatic hydroxyl groups is 1. The number of nitrogens with one attached hydrogen (secondary N) is 2. The van der Waals surface area contributed by atoms with Crippen LogP contribution >= 0.6 is 0 Å². The van der Waals surface area contributed by atoms with Crippen LogP contribution in [0, 0.1) is 5.40 Å². The van der Waals surface area contributed by atoms with Crippen LogP contribution in [0.2, 0.25) is 1.41 Å². The van der Waals surface area contributed by atoms with Crippen molar-refractivity contribution >= 4 is 18.1 Å². The molecule has 0 aliphatic heterocycles. The van der Waals surface area contributed by atoms with Crippen LogP contribution in [-0.4, -0.2) is 40.9 Å². The highest BCUT2D eigenvalue weighted by atomic mass is 16.4. The fraction of sp³-hybridized carbons (Fsp3) is 0.417. The monoisotopic (exact) mass is 282 g/mol. The van der Waals surface area contributed by atoms with E-state index >= 15 is 0 Å². The van der Waals surface area contributed by atoms with Gasteiger partial charge in [0, 0.05) is 6.54 Å². The molecule has 1 aromatic heterocycles. The van der Waals surface area contributed by atoms with Crippen LogP contribution < -0.4 is 11.1 Å². The molecule has 6 N–H and O–H groups in total. The lowest BCUT2D eigenvalue weighted by molar-refractivity contribution is -0.138. The molecular formula is C12H18N4O4. The van der Waals surface area contributed by atoms with Crippen molar-refractivity contribution in [2.75, 3.05) is 6.54 Å². The summed E-state index contributed by atoms with van der Waals surface area (Å²) in [5.41, 5.74) is 5.27. The zero-order valence-corrected chi connectivity index (χ0v) is 10.8. The molecule has 0 amide bonds. The molecule has 110 valence electrons. The van der Waals surface area contributed by atoms with Crippen LogP contribution in [0.25, 0.3) is 0 Å².